The number of rotatable bonds is 5. The van der Waals surface area contributed by atoms with Crippen LogP contribution in [0.3, 0.4) is 0 Å². The molecule has 1 saturated heterocycles. The summed E-state index contributed by atoms with van der Waals surface area (Å²) >= 11 is 0. The van der Waals surface area contributed by atoms with E-state index in [0.29, 0.717) is 11.3 Å². The third-order valence-electron chi connectivity index (χ3n) is 6.18. The fourth-order valence-corrected chi connectivity index (χ4v) is 4.24. The number of aliphatic hydroxyl groups is 1. The smallest absolute Gasteiger partial charge is 0.300 e. The first-order chi connectivity index (χ1) is 15.8. The van der Waals surface area contributed by atoms with Crippen LogP contribution in [-0.4, -0.2) is 30.9 Å². The van der Waals surface area contributed by atoms with E-state index < -0.39 is 17.7 Å². The highest BCUT2D eigenvalue weighted by Crippen LogP contribution is 2.43. The van der Waals surface area contributed by atoms with Crippen molar-refractivity contribution in [3.05, 3.63) is 101 Å². The average Bonchev–Trinajstić information content (AvgIpc) is 3.09. The van der Waals surface area contributed by atoms with Gasteiger partial charge >= 0.3 is 0 Å². The summed E-state index contributed by atoms with van der Waals surface area (Å²) in [7, 11) is 3.91. The summed E-state index contributed by atoms with van der Waals surface area (Å²) in [6.07, 6.45) is 0.872. The molecular weight excluding hydrogens is 412 g/mol. The molecule has 1 fully saturated rings. The monoisotopic (exact) mass is 440 g/mol. The number of Topliss-reactive ketones (excluding diaryl/α,β-unsaturated/α-hetero) is 1. The highest BCUT2D eigenvalue weighted by atomic mass is 16.3. The molecule has 5 heteroatoms. The van der Waals surface area contributed by atoms with E-state index in [1.54, 1.807) is 12.1 Å². The van der Waals surface area contributed by atoms with Gasteiger partial charge in [0.2, 0.25) is 0 Å². The molecule has 0 bridgehead atoms. The predicted molar refractivity (Wildman–Crippen MR) is 133 cm³/mol. The highest BCUT2D eigenvalue weighted by molar-refractivity contribution is 6.51. The number of para-hydroxylation sites is 1. The molecule has 168 valence electrons. The summed E-state index contributed by atoms with van der Waals surface area (Å²) < 4.78 is 0. The van der Waals surface area contributed by atoms with Crippen LogP contribution in [0, 0.1) is 6.92 Å². The molecule has 1 atom stereocenters. The molecule has 0 saturated carbocycles. The Labute approximate surface area is 194 Å². The second kappa shape index (κ2) is 8.94. The van der Waals surface area contributed by atoms with Gasteiger partial charge in [-0.05, 0) is 48.2 Å². The van der Waals surface area contributed by atoms with E-state index in [4.69, 9.17) is 0 Å². The van der Waals surface area contributed by atoms with Crippen LogP contribution in [0.15, 0.2) is 78.4 Å². The Balaban J connectivity index is 1.92. The normalized spacial score (nSPS) is 17.5. The molecule has 1 unspecified atom stereocenters. The van der Waals surface area contributed by atoms with Crippen molar-refractivity contribution in [3.63, 3.8) is 0 Å². The lowest BCUT2D eigenvalue weighted by Gasteiger charge is -2.27. The Kier molecular flexibility index (Phi) is 6.05. The molecule has 1 heterocycles. The van der Waals surface area contributed by atoms with Crippen LogP contribution in [0.5, 0.6) is 0 Å². The summed E-state index contributed by atoms with van der Waals surface area (Å²) in [5.74, 6) is -1.48. The molecule has 33 heavy (non-hydrogen) atoms. The van der Waals surface area contributed by atoms with Crippen molar-refractivity contribution in [1.82, 2.24) is 0 Å². The first-order valence-corrected chi connectivity index (χ1v) is 11.1. The zero-order chi connectivity index (χ0) is 23.7. The second-order valence-corrected chi connectivity index (χ2v) is 8.49. The molecule has 3 aromatic carbocycles. The maximum atomic E-state index is 13.3. The van der Waals surface area contributed by atoms with Crippen molar-refractivity contribution < 1.29 is 14.7 Å². The van der Waals surface area contributed by atoms with Crippen molar-refractivity contribution in [2.45, 2.75) is 26.3 Å². The summed E-state index contributed by atoms with van der Waals surface area (Å²) in [4.78, 5) is 30.1. The van der Waals surface area contributed by atoms with Gasteiger partial charge in [0.25, 0.3) is 11.7 Å². The standard InChI is InChI=1S/C28H28N2O3/c1-5-19-10-12-21(13-11-19)26(31)24-25(20-14-16-22(17-15-20)29(3)4)30(28(33)27(24)32)23-9-7-6-8-18(23)2/h6-17,25,31H,5H2,1-4H3/b26-24-. The summed E-state index contributed by atoms with van der Waals surface area (Å²) in [5, 5.41) is 11.3. The number of aliphatic hydroxyl groups excluding tert-OH is 1. The van der Waals surface area contributed by atoms with Gasteiger partial charge in [-0.1, -0.05) is 61.5 Å². The molecule has 1 amide bonds. The number of aryl methyl sites for hydroxylation is 2. The van der Waals surface area contributed by atoms with E-state index in [-0.39, 0.29) is 11.3 Å². The molecule has 0 spiro atoms. The predicted octanol–water partition coefficient (Wildman–Crippen LogP) is 5.25. The number of carbonyl (C=O) groups excluding carboxylic acids is 2. The van der Waals surface area contributed by atoms with E-state index >= 15 is 0 Å². The van der Waals surface area contributed by atoms with Gasteiger partial charge in [-0.15, -0.1) is 0 Å². The fraction of sp³-hybridized carbons (Fsp3) is 0.214. The third kappa shape index (κ3) is 4.02. The summed E-state index contributed by atoms with van der Waals surface area (Å²) in [6, 6.07) is 21.9. The Morgan fingerprint density at radius 1 is 0.939 bits per heavy atom. The quantitative estimate of drug-likeness (QED) is 0.334. The van der Waals surface area contributed by atoms with Gasteiger partial charge in [-0.2, -0.15) is 0 Å². The molecule has 4 rings (SSSR count). The van der Waals surface area contributed by atoms with Crippen LogP contribution >= 0.6 is 0 Å². The van der Waals surface area contributed by atoms with E-state index in [9.17, 15) is 14.7 Å². The Hall–Kier alpha value is -3.86. The number of ketones is 1. The molecule has 0 aliphatic carbocycles. The lowest BCUT2D eigenvalue weighted by atomic mass is 9.94. The van der Waals surface area contributed by atoms with Crippen LogP contribution in [0.4, 0.5) is 11.4 Å². The second-order valence-electron chi connectivity index (χ2n) is 8.49. The Bertz CT molecular complexity index is 1220. The highest BCUT2D eigenvalue weighted by Gasteiger charge is 2.47. The van der Waals surface area contributed by atoms with Gasteiger partial charge in [0.1, 0.15) is 5.76 Å². The number of carbonyl (C=O) groups is 2. The number of nitrogens with zero attached hydrogens (tertiary/aromatic N) is 2. The van der Waals surface area contributed by atoms with Crippen LogP contribution in [0.1, 0.15) is 35.2 Å². The summed E-state index contributed by atoms with van der Waals surface area (Å²) in [5.41, 5.74) is 5.04. The minimum atomic E-state index is -0.729. The van der Waals surface area contributed by atoms with Crippen LogP contribution in [-0.2, 0) is 16.0 Å². The number of benzene rings is 3. The molecule has 5 nitrogen and oxygen atoms in total. The van der Waals surface area contributed by atoms with E-state index in [2.05, 4.69) is 6.92 Å². The molecule has 0 aromatic heterocycles. The minimum Gasteiger partial charge on any atom is -0.507 e. The maximum Gasteiger partial charge on any atom is 0.300 e. The lowest BCUT2D eigenvalue weighted by molar-refractivity contribution is -0.132. The van der Waals surface area contributed by atoms with E-state index in [1.165, 1.54) is 4.90 Å². The van der Waals surface area contributed by atoms with Crippen molar-refractivity contribution in [2.24, 2.45) is 0 Å². The van der Waals surface area contributed by atoms with Crippen molar-refractivity contribution in [2.75, 3.05) is 23.9 Å². The van der Waals surface area contributed by atoms with Gasteiger partial charge in [0, 0.05) is 31.0 Å². The average molecular weight is 441 g/mol. The third-order valence-corrected chi connectivity index (χ3v) is 6.18. The number of anilines is 2. The van der Waals surface area contributed by atoms with Gasteiger partial charge in [0.15, 0.2) is 0 Å². The van der Waals surface area contributed by atoms with Crippen LogP contribution < -0.4 is 9.80 Å². The van der Waals surface area contributed by atoms with Gasteiger partial charge < -0.3 is 10.0 Å². The molecular formula is C28H28N2O3. The SMILES string of the molecule is CCc1ccc(/C(O)=C2/C(=O)C(=O)N(c3ccccc3C)C2c2ccc(N(C)C)cc2)cc1. The van der Waals surface area contributed by atoms with Crippen molar-refractivity contribution in [1.29, 1.82) is 0 Å². The van der Waals surface area contributed by atoms with Crippen LogP contribution in [0.25, 0.3) is 5.76 Å². The number of hydrogen-bond donors (Lipinski definition) is 1. The van der Waals surface area contributed by atoms with E-state index in [1.807, 2.05) is 86.6 Å². The maximum absolute atomic E-state index is 13.3. The lowest BCUT2D eigenvalue weighted by Crippen LogP contribution is -2.30. The molecule has 3 aromatic rings. The Morgan fingerprint density at radius 2 is 1.58 bits per heavy atom. The minimum absolute atomic E-state index is 0.102. The first kappa shape index (κ1) is 22.3. The molecule has 1 N–H and O–H groups in total. The molecule has 0 radical (unpaired) electrons. The zero-order valence-electron chi connectivity index (χ0n) is 19.4. The van der Waals surface area contributed by atoms with E-state index in [0.717, 1.165) is 28.8 Å². The Morgan fingerprint density at radius 3 is 2.15 bits per heavy atom. The van der Waals surface area contributed by atoms with Gasteiger partial charge in [-0.3, -0.25) is 14.5 Å². The fourth-order valence-electron chi connectivity index (χ4n) is 4.24. The number of hydrogen-bond acceptors (Lipinski definition) is 4. The van der Waals surface area contributed by atoms with Crippen LogP contribution in [0.2, 0.25) is 0 Å². The van der Waals surface area contributed by atoms with Gasteiger partial charge in [-0.25, -0.2) is 0 Å². The van der Waals surface area contributed by atoms with Crippen molar-refractivity contribution >= 4 is 28.8 Å². The number of amides is 1. The van der Waals surface area contributed by atoms with Gasteiger partial charge in [0.05, 0.1) is 11.6 Å². The molecule has 1 aliphatic heterocycles. The zero-order valence-corrected chi connectivity index (χ0v) is 19.4. The van der Waals surface area contributed by atoms with Crippen molar-refractivity contribution in [3.8, 4) is 0 Å². The topological polar surface area (TPSA) is 60.9 Å². The molecule has 1 aliphatic rings. The summed E-state index contributed by atoms with van der Waals surface area (Å²) in [6.45, 7) is 3.96. The first-order valence-electron chi connectivity index (χ1n) is 11.1. The largest absolute Gasteiger partial charge is 0.507 e.